The van der Waals surface area contributed by atoms with Crippen molar-refractivity contribution >= 4 is 21.6 Å². The van der Waals surface area contributed by atoms with Crippen molar-refractivity contribution in [3.05, 3.63) is 28.2 Å². The van der Waals surface area contributed by atoms with Crippen molar-refractivity contribution in [3.63, 3.8) is 0 Å². The maximum absolute atomic E-state index is 5.83. The summed E-state index contributed by atoms with van der Waals surface area (Å²) in [5.41, 5.74) is 7.84. The van der Waals surface area contributed by atoms with Crippen molar-refractivity contribution in [2.45, 2.75) is 25.8 Å². The third-order valence-electron chi connectivity index (χ3n) is 3.08. The zero-order valence-electron chi connectivity index (χ0n) is 10.6. The van der Waals surface area contributed by atoms with Gasteiger partial charge in [0.15, 0.2) is 0 Å². The van der Waals surface area contributed by atoms with Crippen molar-refractivity contribution < 1.29 is 4.74 Å². The number of rotatable bonds is 8. The van der Waals surface area contributed by atoms with E-state index in [9.17, 15) is 0 Å². The average molecular weight is 313 g/mol. The normalized spacial score (nSPS) is 14.9. The number of anilines is 1. The molecule has 1 aliphatic rings. The molecule has 0 saturated heterocycles. The van der Waals surface area contributed by atoms with Crippen LogP contribution in [0.5, 0.6) is 0 Å². The van der Waals surface area contributed by atoms with Crippen molar-refractivity contribution in [1.29, 1.82) is 0 Å². The first-order chi connectivity index (χ1) is 8.75. The summed E-state index contributed by atoms with van der Waals surface area (Å²) in [6.07, 6.45) is 3.80. The summed E-state index contributed by atoms with van der Waals surface area (Å²) in [6.45, 7) is 3.68. The third-order valence-corrected chi connectivity index (χ3v) is 3.80. The second-order valence-corrected chi connectivity index (χ2v) is 5.76. The van der Waals surface area contributed by atoms with Crippen molar-refractivity contribution in [1.82, 2.24) is 5.32 Å². The molecule has 1 aromatic rings. The van der Waals surface area contributed by atoms with E-state index in [-0.39, 0.29) is 0 Å². The Hall–Kier alpha value is -0.580. The summed E-state index contributed by atoms with van der Waals surface area (Å²) in [5.74, 6) is 0.865. The summed E-state index contributed by atoms with van der Waals surface area (Å²) in [5, 5.41) is 3.40. The molecule has 3 nitrogen and oxygen atoms in total. The number of nitrogens with one attached hydrogen (secondary N) is 1. The summed E-state index contributed by atoms with van der Waals surface area (Å²) >= 11 is 3.39. The molecule has 0 radical (unpaired) electrons. The van der Waals surface area contributed by atoms with Crippen LogP contribution in [0.2, 0.25) is 0 Å². The molecule has 0 amide bonds. The van der Waals surface area contributed by atoms with E-state index in [1.165, 1.54) is 18.4 Å². The highest BCUT2D eigenvalue weighted by Crippen LogP contribution is 2.28. The Kier molecular flexibility index (Phi) is 5.47. The lowest BCUT2D eigenvalue weighted by molar-refractivity contribution is 0.122. The minimum absolute atomic E-state index is 0.794. The van der Waals surface area contributed by atoms with Gasteiger partial charge in [0.2, 0.25) is 0 Å². The predicted octanol–water partition coefficient (Wildman–Crippen LogP) is 2.94. The van der Waals surface area contributed by atoms with Gasteiger partial charge in [0.1, 0.15) is 0 Å². The summed E-state index contributed by atoms with van der Waals surface area (Å²) in [4.78, 5) is 0. The molecule has 1 aromatic carbocycles. The quantitative estimate of drug-likeness (QED) is 0.573. The second-order valence-electron chi connectivity index (χ2n) is 4.90. The molecule has 0 aliphatic heterocycles. The number of halogens is 1. The number of benzene rings is 1. The molecule has 4 heteroatoms. The van der Waals surface area contributed by atoms with Crippen LogP contribution in [0, 0.1) is 5.92 Å². The molecular formula is C14H21BrN2O. The smallest absolute Gasteiger partial charge is 0.0494 e. The Labute approximate surface area is 117 Å². The fourth-order valence-corrected chi connectivity index (χ4v) is 2.02. The lowest BCUT2D eigenvalue weighted by atomic mass is 10.2. The number of nitrogens with two attached hydrogens (primary N) is 1. The van der Waals surface area contributed by atoms with E-state index in [1.54, 1.807) is 0 Å². The summed E-state index contributed by atoms with van der Waals surface area (Å²) in [7, 11) is 0. The number of hydrogen-bond acceptors (Lipinski definition) is 3. The van der Waals surface area contributed by atoms with Gasteiger partial charge in [-0.3, -0.25) is 0 Å². The van der Waals surface area contributed by atoms with Crippen LogP contribution in [-0.2, 0) is 11.3 Å². The van der Waals surface area contributed by atoms with Gasteiger partial charge in [-0.25, -0.2) is 0 Å². The van der Waals surface area contributed by atoms with Gasteiger partial charge in [-0.1, -0.05) is 6.07 Å². The summed E-state index contributed by atoms with van der Waals surface area (Å²) < 4.78 is 6.54. The van der Waals surface area contributed by atoms with Gasteiger partial charge in [0.05, 0.1) is 0 Å². The van der Waals surface area contributed by atoms with E-state index in [4.69, 9.17) is 10.5 Å². The largest absolute Gasteiger partial charge is 0.398 e. The number of hydrogen-bond donors (Lipinski definition) is 2. The summed E-state index contributed by atoms with van der Waals surface area (Å²) in [6, 6.07) is 6.07. The molecule has 1 saturated carbocycles. The predicted molar refractivity (Wildman–Crippen MR) is 78.4 cm³/mol. The molecule has 100 valence electrons. The van der Waals surface area contributed by atoms with Crippen LogP contribution >= 0.6 is 15.9 Å². The Morgan fingerprint density at radius 1 is 1.39 bits per heavy atom. The van der Waals surface area contributed by atoms with Gasteiger partial charge >= 0.3 is 0 Å². The van der Waals surface area contributed by atoms with E-state index in [2.05, 4.69) is 27.3 Å². The highest BCUT2D eigenvalue weighted by Gasteiger charge is 2.20. The van der Waals surface area contributed by atoms with Gasteiger partial charge in [-0.2, -0.15) is 0 Å². The molecule has 3 N–H and O–H groups in total. The maximum Gasteiger partial charge on any atom is 0.0494 e. The minimum atomic E-state index is 0.794. The standard InChI is InChI=1S/C14H21BrN2O/c15-13-5-4-12(8-14(13)16)9-17-6-1-7-18-10-11-2-3-11/h4-5,8,11,17H,1-3,6-7,9-10,16H2. The Balaban J connectivity index is 1.52. The first-order valence-corrected chi connectivity index (χ1v) is 7.37. The van der Waals surface area contributed by atoms with Crippen molar-refractivity contribution in [2.24, 2.45) is 5.92 Å². The van der Waals surface area contributed by atoms with Crippen LogP contribution in [0.1, 0.15) is 24.8 Å². The fourth-order valence-electron chi connectivity index (χ4n) is 1.77. The van der Waals surface area contributed by atoms with E-state index >= 15 is 0 Å². The first-order valence-electron chi connectivity index (χ1n) is 6.58. The highest BCUT2D eigenvalue weighted by molar-refractivity contribution is 9.10. The van der Waals surface area contributed by atoms with E-state index in [0.29, 0.717) is 0 Å². The SMILES string of the molecule is Nc1cc(CNCCCOCC2CC2)ccc1Br. The average Bonchev–Trinajstić information content (AvgIpc) is 3.16. The molecule has 0 bridgehead atoms. The minimum Gasteiger partial charge on any atom is -0.398 e. The lowest BCUT2D eigenvalue weighted by Crippen LogP contribution is -2.16. The zero-order chi connectivity index (χ0) is 12.8. The van der Waals surface area contributed by atoms with E-state index in [0.717, 1.165) is 48.8 Å². The molecule has 1 fully saturated rings. The number of ether oxygens (including phenoxy) is 1. The van der Waals surface area contributed by atoms with Gasteiger partial charge in [-0.15, -0.1) is 0 Å². The maximum atomic E-state index is 5.83. The van der Waals surface area contributed by atoms with Crippen LogP contribution < -0.4 is 11.1 Å². The molecular weight excluding hydrogens is 292 g/mol. The topological polar surface area (TPSA) is 47.3 Å². The van der Waals surface area contributed by atoms with Gasteiger partial charge < -0.3 is 15.8 Å². The molecule has 0 unspecified atom stereocenters. The van der Waals surface area contributed by atoms with Crippen LogP contribution in [0.25, 0.3) is 0 Å². The molecule has 0 aromatic heterocycles. The monoisotopic (exact) mass is 312 g/mol. The molecule has 18 heavy (non-hydrogen) atoms. The fraction of sp³-hybridized carbons (Fsp3) is 0.571. The highest BCUT2D eigenvalue weighted by atomic mass is 79.9. The van der Waals surface area contributed by atoms with E-state index in [1.807, 2.05) is 12.1 Å². The lowest BCUT2D eigenvalue weighted by Gasteiger charge is -2.07. The van der Waals surface area contributed by atoms with Gasteiger partial charge in [-0.05, 0) is 65.4 Å². The third kappa shape index (κ3) is 4.96. The van der Waals surface area contributed by atoms with Crippen LogP contribution in [0.3, 0.4) is 0 Å². The van der Waals surface area contributed by atoms with Crippen molar-refractivity contribution in [3.8, 4) is 0 Å². The van der Waals surface area contributed by atoms with E-state index < -0.39 is 0 Å². The Bertz CT molecular complexity index is 380. The number of nitrogen functional groups attached to an aromatic ring is 1. The van der Waals surface area contributed by atoms with Crippen LogP contribution in [0.15, 0.2) is 22.7 Å². The van der Waals surface area contributed by atoms with Gasteiger partial charge in [0, 0.05) is 29.9 Å². The first kappa shape index (κ1) is 13.8. The second kappa shape index (κ2) is 7.12. The molecule has 1 aliphatic carbocycles. The zero-order valence-corrected chi connectivity index (χ0v) is 12.2. The molecule has 0 atom stereocenters. The van der Waals surface area contributed by atoms with Gasteiger partial charge in [0.25, 0.3) is 0 Å². The Morgan fingerprint density at radius 3 is 2.94 bits per heavy atom. The van der Waals surface area contributed by atoms with Crippen molar-refractivity contribution in [2.75, 3.05) is 25.5 Å². The Morgan fingerprint density at radius 2 is 2.22 bits per heavy atom. The van der Waals surface area contributed by atoms with Crippen LogP contribution in [-0.4, -0.2) is 19.8 Å². The molecule has 2 rings (SSSR count). The molecule has 0 heterocycles. The van der Waals surface area contributed by atoms with Crippen LogP contribution in [0.4, 0.5) is 5.69 Å². The molecule has 0 spiro atoms.